The Hall–Kier alpha value is -1.04. The Morgan fingerprint density at radius 3 is 2.62 bits per heavy atom. The van der Waals surface area contributed by atoms with Crippen molar-refractivity contribution in [2.75, 3.05) is 13.2 Å². The number of hydrogen-bond donors (Lipinski definition) is 2. The predicted molar refractivity (Wildman–Crippen MR) is 62.9 cm³/mol. The van der Waals surface area contributed by atoms with Crippen LogP contribution in [0.4, 0.5) is 0 Å². The molecule has 5 heteroatoms. The van der Waals surface area contributed by atoms with Gasteiger partial charge < -0.3 is 19.5 Å². The topological polar surface area (TPSA) is 58.9 Å². The molecule has 0 unspecified atom stereocenters. The molecule has 0 saturated heterocycles. The lowest BCUT2D eigenvalue weighted by Gasteiger charge is -2.10. The van der Waals surface area contributed by atoms with Crippen molar-refractivity contribution in [3.63, 3.8) is 0 Å². The minimum atomic E-state index is -1.46. The van der Waals surface area contributed by atoms with Crippen molar-refractivity contribution in [1.82, 2.24) is 0 Å². The average Bonchev–Trinajstić information content (AvgIpc) is 2.24. The van der Waals surface area contributed by atoms with E-state index in [0.29, 0.717) is 24.4 Å². The Balaban J connectivity index is 2.39. The first-order valence-corrected chi connectivity index (χ1v) is 5.30. The van der Waals surface area contributed by atoms with Crippen LogP contribution in [0.5, 0.6) is 5.75 Å². The molecule has 0 heterocycles. The summed E-state index contributed by atoms with van der Waals surface area (Å²) in [5.74, 6) is 0.609. The third-order valence-electron chi connectivity index (χ3n) is 1.96. The van der Waals surface area contributed by atoms with Gasteiger partial charge in [0.1, 0.15) is 12.4 Å². The summed E-state index contributed by atoms with van der Waals surface area (Å²) in [4.78, 5) is 0. The molecular formula is C11H17BO4. The van der Waals surface area contributed by atoms with Gasteiger partial charge in [0.25, 0.3) is 0 Å². The van der Waals surface area contributed by atoms with Crippen LogP contribution in [0.1, 0.15) is 13.8 Å². The summed E-state index contributed by atoms with van der Waals surface area (Å²) in [6, 6.07) is 6.71. The molecule has 2 N–H and O–H groups in total. The lowest BCUT2D eigenvalue weighted by atomic mass is 9.80. The monoisotopic (exact) mass is 224 g/mol. The van der Waals surface area contributed by atoms with Crippen molar-refractivity contribution < 1.29 is 19.5 Å². The quantitative estimate of drug-likeness (QED) is 0.534. The predicted octanol–water partition coefficient (Wildman–Crippen LogP) is 0.170. The van der Waals surface area contributed by atoms with E-state index in [1.807, 2.05) is 13.8 Å². The molecule has 0 radical (unpaired) electrons. The molecule has 1 aromatic carbocycles. The van der Waals surface area contributed by atoms with E-state index in [1.165, 1.54) is 0 Å². The van der Waals surface area contributed by atoms with Crippen LogP contribution in [0.15, 0.2) is 24.3 Å². The van der Waals surface area contributed by atoms with E-state index in [0.717, 1.165) is 0 Å². The SMILES string of the molecule is CC(C)OCCOc1cccc(B(O)O)c1. The van der Waals surface area contributed by atoms with Crippen LogP contribution in [0.25, 0.3) is 0 Å². The standard InChI is InChI=1S/C11H17BO4/c1-9(2)15-6-7-16-11-5-3-4-10(8-11)12(13)14/h3-5,8-9,13-14H,6-7H2,1-2H3. The van der Waals surface area contributed by atoms with Crippen molar-refractivity contribution in [1.29, 1.82) is 0 Å². The Kier molecular flexibility index (Phi) is 5.32. The van der Waals surface area contributed by atoms with Gasteiger partial charge in [-0.2, -0.15) is 0 Å². The molecule has 0 aromatic heterocycles. The van der Waals surface area contributed by atoms with Crippen LogP contribution in [-0.2, 0) is 4.74 Å². The normalized spacial score (nSPS) is 10.6. The van der Waals surface area contributed by atoms with Gasteiger partial charge in [-0.1, -0.05) is 12.1 Å². The van der Waals surface area contributed by atoms with Gasteiger partial charge in [0.15, 0.2) is 0 Å². The third-order valence-corrected chi connectivity index (χ3v) is 1.96. The van der Waals surface area contributed by atoms with Crippen molar-refractivity contribution >= 4 is 12.6 Å². The molecule has 0 amide bonds. The number of ether oxygens (including phenoxy) is 2. The second-order valence-electron chi connectivity index (χ2n) is 3.71. The first kappa shape index (κ1) is 13.0. The van der Waals surface area contributed by atoms with E-state index in [9.17, 15) is 0 Å². The maximum absolute atomic E-state index is 8.97. The summed E-state index contributed by atoms with van der Waals surface area (Å²) in [5, 5.41) is 17.9. The molecule has 0 bridgehead atoms. The fourth-order valence-electron chi connectivity index (χ4n) is 1.21. The Morgan fingerprint density at radius 1 is 1.25 bits per heavy atom. The highest BCUT2D eigenvalue weighted by atomic mass is 16.5. The second-order valence-corrected chi connectivity index (χ2v) is 3.71. The smallest absolute Gasteiger partial charge is 0.488 e. The first-order chi connectivity index (χ1) is 7.59. The second kappa shape index (κ2) is 6.53. The lowest BCUT2D eigenvalue weighted by Crippen LogP contribution is -2.29. The lowest BCUT2D eigenvalue weighted by molar-refractivity contribution is 0.0553. The summed E-state index contributed by atoms with van der Waals surface area (Å²) in [6.07, 6.45) is 0.189. The fraction of sp³-hybridized carbons (Fsp3) is 0.455. The van der Waals surface area contributed by atoms with E-state index in [1.54, 1.807) is 24.3 Å². The van der Waals surface area contributed by atoms with Crippen LogP contribution in [-0.4, -0.2) is 36.5 Å². The Morgan fingerprint density at radius 2 is 2.00 bits per heavy atom. The molecular weight excluding hydrogens is 207 g/mol. The van der Waals surface area contributed by atoms with E-state index < -0.39 is 7.12 Å². The molecule has 1 aromatic rings. The van der Waals surface area contributed by atoms with Crippen LogP contribution >= 0.6 is 0 Å². The molecule has 0 aliphatic carbocycles. The molecule has 16 heavy (non-hydrogen) atoms. The summed E-state index contributed by atoms with van der Waals surface area (Å²) in [6.45, 7) is 4.89. The molecule has 0 saturated carbocycles. The van der Waals surface area contributed by atoms with Gasteiger partial charge in [-0.05, 0) is 31.4 Å². The summed E-state index contributed by atoms with van der Waals surface area (Å²) in [7, 11) is -1.46. The van der Waals surface area contributed by atoms with E-state index in [-0.39, 0.29) is 6.10 Å². The number of rotatable bonds is 6. The molecule has 0 spiro atoms. The summed E-state index contributed by atoms with van der Waals surface area (Å²) < 4.78 is 10.7. The van der Waals surface area contributed by atoms with Crippen molar-refractivity contribution in [2.45, 2.75) is 20.0 Å². The molecule has 0 aliphatic rings. The van der Waals surface area contributed by atoms with E-state index >= 15 is 0 Å². The van der Waals surface area contributed by atoms with E-state index in [2.05, 4.69) is 0 Å². The van der Waals surface area contributed by atoms with Crippen LogP contribution in [0.2, 0.25) is 0 Å². The zero-order valence-electron chi connectivity index (χ0n) is 9.59. The third kappa shape index (κ3) is 4.66. The maximum Gasteiger partial charge on any atom is 0.488 e. The van der Waals surface area contributed by atoms with Gasteiger partial charge in [-0.15, -0.1) is 0 Å². The fourth-order valence-corrected chi connectivity index (χ4v) is 1.21. The van der Waals surface area contributed by atoms with Gasteiger partial charge in [-0.25, -0.2) is 0 Å². The molecule has 0 aliphatic heterocycles. The highest BCUT2D eigenvalue weighted by Gasteiger charge is 2.10. The molecule has 4 nitrogen and oxygen atoms in total. The molecule has 0 atom stereocenters. The van der Waals surface area contributed by atoms with Gasteiger partial charge in [0.2, 0.25) is 0 Å². The van der Waals surface area contributed by atoms with Crippen LogP contribution in [0.3, 0.4) is 0 Å². The van der Waals surface area contributed by atoms with Crippen molar-refractivity contribution in [3.05, 3.63) is 24.3 Å². The van der Waals surface area contributed by atoms with Crippen LogP contribution < -0.4 is 10.2 Å². The van der Waals surface area contributed by atoms with Gasteiger partial charge in [0, 0.05) is 0 Å². The average molecular weight is 224 g/mol. The maximum atomic E-state index is 8.97. The first-order valence-electron chi connectivity index (χ1n) is 5.30. The minimum Gasteiger partial charge on any atom is -0.491 e. The highest BCUT2D eigenvalue weighted by molar-refractivity contribution is 6.58. The molecule has 0 fully saturated rings. The van der Waals surface area contributed by atoms with Crippen LogP contribution in [0, 0.1) is 0 Å². The highest BCUT2D eigenvalue weighted by Crippen LogP contribution is 2.07. The Bertz CT molecular complexity index is 315. The van der Waals surface area contributed by atoms with Gasteiger partial charge in [-0.3, -0.25) is 0 Å². The zero-order valence-corrected chi connectivity index (χ0v) is 9.59. The number of benzene rings is 1. The molecule has 1 rings (SSSR count). The Labute approximate surface area is 96.0 Å². The van der Waals surface area contributed by atoms with E-state index in [4.69, 9.17) is 19.5 Å². The zero-order chi connectivity index (χ0) is 12.0. The van der Waals surface area contributed by atoms with Gasteiger partial charge in [0.05, 0.1) is 12.7 Å². The molecule has 88 valence electrons. The minimum absolute atomic E-state index is 0.189. The summed E-state index contributed by atoms with van der Waals surface area (Å²) >= 11 is 0. The van der Waals surface area contributed by atoms with Gasteiger partial charge >= 0.3 is 7.12 Å². The summed E-state index contributed by atoms with van der Waals surface area (Å²) in [5.41, 5.74) is 0.419. The van der Waals surface area contributed by atoms with Crippen molar-refractivity contribution in [3.8, 4) is 5.75 Å². The largest absolute Gasteiger partial charge is 0.491 e. The van der Waals surface area contributed by atoms with Crippen molar-refractivity contribution in [2.24, 2.45) is 0 Å². The number of hydrogen-bond acceptors (Lipinski definition) is 4.